The van der Waals surface area contributed by atoms with Gasteiger partial charge in [-0.15, -0.1) is 10.2 Å². The summed E-state index contributed by atoms with van der Waals surface area (Å²) in [7, 11) is 4.63. The number of hydrazone groups is 1. The van der Waals surface area contributed by atoms with Crippen LogP contribution in [0.1, 0.15) is 11.1 Å². The van der Waals surface area contributed by atoms with Crippen molar-refractivity contribution in [1.29, 1.82) is 0 Å². The molecule has 11 heteroatoms. The number of nitrogens with one attached hydrogen (secondary N) is 1. The second-order valence-electron chi connectivity index (χ2n) is 7.74. The molecule has 0 saturated heterocycles. The Hall–Kier alpha value is -4.38. The third kappa shape index (κ3) is 6.07. The van der Waals surface area contributed by atoms with Crippen LogP contribution in [-0.2, 0) is 4.79 Å². The minimum absolute atomic E-state index is 0.0841. The normalized spacial score (nSPS) is 10.9. The fourth-order valence-electron chi connectivity index (χ4n) is 3.47. The van der Waals surface area contributed by atoms with Crippen LogP contribution in [0, 0.1) is 6.92 Å². The molecule has 190 valence electrons. The van der Waals surface area contributed by atoms with E-state index in [0.717, 1.165) is 16.8 Å². The lowest BCUT2D eigenvalue weighted by Gasteiger charge is -2.11. The highest BCUT2D eigenvalue weighted by atomic mass is 32.2. The van der Waals surface area contributed by atoms with Crippen molar-refractivity contribution >= 4 is 23.9 Å². The van der Waals surface area contributed by atoms with Gasteiger partial charge in [-0.1, -0.05) is 29.5 Å². The van der Waals surface area contributed by atoms with E-state index in [1.54, 1.807) is 38.7 Å². The third-order valence-corrected chi connectivity index (χ3v) is 6.25. The van der Waals surface area contributed by atoms with E-state index in [-0.39, 0.29) is 11.7 Å². The van der Waals surface area contributed by atoms with Gasteiger partial charge in [-0.2, -0.15) is 5.10 Å². The highest BCUT2D eigenvalue weighted by Gasteiger charge is 2.17. The summed E-state index contributed by atoms with van der Waals surface area (Å²) >= 11 is 1.26. The maximum absolute atomic E-state index is 12.6. The molecule has 1 amide bonds. The number of ether oxygens (including phenoxy) is 3. The molecular formula is C26H26N6O4S. The number of nitrogens with zero attached hydrogens (tertiary/aromatic N) is 5. The van der Waals surface area contributed by atoms with Crippen LogP contribution in [0.3, 0.4) is 0 Å². The van der Waals surface area contributed by atoms with Crippen molar-refractivity contribution in [3.63, 3.8) is 0 Å². The number of methoxy groups -OCH3 is 3. The van der Waals surface area contributed by atoms with Gasteiger partial charge in [0.05, 0.1) is 33.3 Å². The summed E-state index contributed by atoms with van der Waals surface area (Å²) in [6.07, 6.45) is 4.89. The molecule has 37 heavy (non-hydrogen) atoms. The number of rotatable bonds is 10. The number of carbonyl (C=O) groups excluding carboxylic acids is 1. The number of thioether (sulfide) groups is 1. The fourth-order valence-corrected chi connectivity index (χ4v) is 4.21. The highest BCUT2D eigenvalue weighted by Crippen LogP contribution is 2.33. The van der Waals surface area contributed by atoms with Gasteiger partial charge in [0.2, 0.25) is 0 Å². The van der Waals surface area contributed by atoms with Gasteiger partial charge in [-0.25, -0.2) is 5.43 Å². The van der Waals surface area contributed by atoms with Gasteiger partial charge in [0.25, 0.3) is 5.91 Å². The van der Waals surface area contributed by atoms with Crippen molar-refractivity contribution in [2.45, 2.75) is 12.1 Å². The Bertz CT molecular complexity index is 1390. The number of carbonyl (C=O) groups is 1. The first-order valence-electron chi connectivity index (χ1n) is 11.2. The number of hydrogen-bond acceptors (Lipinski definition) is 9. The van der Waals surface area contributed by atoms with Crippen molar-refractivity contribution in [3.8, 4) is 34.3 Å². The van der Waals surface area contributed by atoms with Crippen LogP contribution in [-0.4, -0.2) is 59.0 Å². The van der Waals surface area contributed by atoms with Gasteiger partial charge >= 0.3 is 0 Å². The second-order valence-corrected chi connectivity index (χ2v) is 8.69. The van der Waals surface area contributed by atoms with Crippen molar-refractivity contribution in [3.05, 3.63) is 72.1 Å². The minimum atomic E-state index is -0.301. The number of aryl methyl sites for hydroxylation is 1. The molecule has 0 spiro atoms. The molecule has 0 bridgehead atoms. The molecule has 10 nitrogen and oxygen atoms in total. The van der Waals surface area contributed by atoms with Gasteiger partial charge in [0.1, 0.15) is 5.75 Å². The Morgan fingerprint density at radius 1 is 0.973 bits per heavy atom. The molecule has 4 rings (SSSR count). The highest BCUT2D eigenvalue weighted by molar-refractivity contribution is 7.99. The molecule has 0 fully saturated rings. The number of benzene rings is 2. The van der Waals surface area contributed by atoms with Crippen molar-refractivity contribution in [1.82, 2.24) is 25.2 Å². The SMILES string of the molecule is COc1cc(OC)c(OC)cc1C=NNC(=O)CSc1nnc(-c2ccncc2)n1-c1ccc(C)cc1. The maximum atomic E-state index is 12.6. The standard InChI is InChI=1S/C26H26N6O4S/c1-17-5-7-20(8-6-17)32-25(18-9-11-27-12-10-18)30-31-26(32)37-16-24(33)29-28-15-19-13-22(35-3)23(36-4)14-21(19)34-2/h5-15H,16H2,1-4H3,(H,29,33). The monoisotopic (exact) mass is 518 g/mol. The maximum Gasteiger partial charge on any atom is 0.250 e. The molecule has 0 unspecified atom stereocenters. The molecule has 0 radical (unpaired) electrons. The van der Waals surface area contributed by atoms with Gasteiger partial charge in [0, 0.05) is 35.3 Å². The van der Waals surface area contributed by atoms with E-state index in [1.165, 1.54) is 25.1 Å². The van der Waals surface area contributed by atoms with Crippen LogP contribution in [0.5, 0.6) is 17.2 Å². The largest absolute Gasteiger partial charge is 0.496 e. The molecule has 2 heterocycles. The Morgan fingerprint density at radius 3 is 2.32 bits per heavy atom. The summed E-state index contributed by atoms with van der Waals surface area (Å²) in [4.78, 5) is 16.6. The van der Waals surface area contributed by atoms with Gasteiger partial charge < -0.3 is 14.2 Å². The summed E-state index contributed by atoms with van der Waals surface area (Å²) in [6.45, 7) is 2.03. The average Bonchev–Trinajstić information content (AvgIpc) is 3.36. The van der Waals surface area contributed by atoms with E-state index < -0.39 is 0 Å². The third-order valence-electron chi connectivity index (χ3n) is 5.33. The zero-order chi connectivity index (χ0) is 26.2. The van der Waals surface area contributed by atoms with E-state index in [9.17, 15) is 4.79 Å². The molecule has 0 aliphatic carbocycles. The van der Waals surface area contributed by atoms with Crippen LogP contribution in [0.4, 0.5) is 0 Å². The zero-order valence-electron chi connectivity index (χ0n) is 20.8. The second kappa shape index (κ2) is 12.0. The summed E-state index contributed by atoms with van der Waals surface area (Å²) in [6, 6.07) is 15.2. The zero-order valence-corrected chi connectivity index (χ0v) is 21.7. The van der Waals surface area contributed by atoms with E-state index >= 15 is 0 Å². The fraction of sp³-hybridized carbons (Fsp3) is 0.192. The first-order valence-corrected chi connectivity index (χ1v) is 12.2. The number of amides is 1. The number of hydrogen-bond donors (Lipinski definition) is 1. The minimum Gasteiger partial charge on any atom is -0.496 e. The number of pyridine rings is 1. The van der Waals surface area contributed by atoms with Crippen LogP contribution in [0.15, 0.2) is 71.2 Å². The van der Waals surface area contributed by atoms with Crippen molar-refractivity contribution in [2.24, 2.45) is 5.10 Å². The van der Waals surface area contributed by atoms with E-state index in [2.05, 4.69) is 25.7 Å². The predicted octanol–water partition coefficient (Wildman–Crippen LogP) is 3.91. The molecule has 2 aromatic heterocycles. The summed E-state index contributed by atoms with van der Waals surface area (Å²) in [5, 5.41) is 13.4. The van der Waals surface area contributed by atoms with E-state index in [0.29, 0.717) is 33.8 Å². The van der Waals surface area contributed by atoms with Crippen LogP contribution in [0.2, 0.25) is 0 Å². The quantitative estimate of drug-likeness (QED) is 0.191. The first-order chi connectivity index (χ1) is 18.0. The summed E-state index contributed by atoms with van der Waals surface area (Å²) < 4.78 is 17.9. The molecule has 0 saturated carbocycles. The van der Waals surface area contributed by atoms with Gasteiger partial charge in [0.15, 0.2) is 22.5 Å². The lowest BCUT2D eigenvalue weighted by Crippen LogP contribution is -2.20. The van der Waals surface area contributed by atoms with Crippen LogP contribution >= 0.6 is 11.8 Å². The summed E-state index contributed by atoms with van der Waals surface area (Å²) in [5.41, 5.74) is 6.06. The molecule has 1 N–H and O–H groups in total. The molecule has 0 aliphatic rings. The predicted molar refractivity (Wildman–Crippen MR) is 142 cm³/mol. The molecule has 0 aliphatic heterocycles. The average molecular weight is 519 g/mol. The van der Waals surface area contributed by atoms with Crippen molar-refractivity contribution < 1.29 is 19.0 Å². The molecule has 2 aromatic carbocycles. The Kier molecular flexibility index (Phi) is 8.37. The Balaban J connectivity index is 1.49. The van der Waals surface area contributed by atoms with Crippen LogP contribution < -0.4 is 19.6 Å². The van der Waals surface area contributed by atoms with Crippen LogP contribution in [0.25, 0.3) is 17.1 Å². The molecule has 4 aromatic rings. The first kappa shape index (κ1) is 25.7. The lowest BCUT2D eigenvalue weighted by molar-refractivity contribution is -0.118. The van der Waals surface area contributed by atoms with E-state index in [4.69, 9.17) is 14.2 Å². The molecular weight excluding hydrogens is 492 g/mol. The number of aromatic nitrogens is 4. The molecule has 0 atom stereocenters. The summed E-state index contributed by atoms with van der Waals surface area (Å²) in [5.74, 6) is 2.02. The van der Waals surface area contributed by atoms with Gasteiger partial charge in [-0.3, -0.25) is 14.3 Å². The van der Waals surface area contributed by atoms with E-state index in [1.807, 2.05) is 47.9 Å². The lowest BCUT2D eigenvalue weighted by atomic mass is 10.2. The Labute approximate surface area is 218 Å². The Morgan fingerprint density at radius 2 is 1.65 bits per heavy atom. The van der Waals surface area contributed by atoms with Gasteiger partial charge in [-0.05, 0) is 37.3 Å². The topological polar surface area (TPSA) is 113 Å². The smallest absolute Gasteiger partial charge is 0.250 e. The van der Waals surface area contributed by atoms with Crippen molar-refractivity contribution in [2.75, 3.05) is 27.1 Å².